The summed E-state index contributed by atoms with van der Waals surface area (Å²) >= 11 is 1.39. The lowest BCUT2D eigenvalue weighted by atomic mass is 10.4. The van der Waals surface area contributed by atoms with Gasteiger partial charge in [0.15, 0.2) is 0 Å². The van der Waals surface area contributed by atoms with E-state index in [4.69, 9.17) is 9.15 Å². The molecule has 0 bridgehead atoms. The highest BCUT2D eigenvalue weighted by molar-refractivity contribution is 7.13. The van der Waals surface area contributed by atoms with E-state index in [2.05, 4.69) is 14.9 Å². The van der Waals surface area contributed by atoms with Gasteiger partial charge in [0.2, 0.25) is 0 Å². The Labute approximate surface area is 94.8 Å². The second-order valence-electron chi connectivity index (χ2n) is 2.75. The minimum atomic E-state index is -0.651. The topological polar surface area (TPSA) is 74.5 Å². The van der Waals surface area contributed by atoms with E-state index in [0.29, 0.717) is 5.75 Å². The maximum atomic E-state index is 11.1. The van der Waals surface area contributed by atoms with Crippen molar-refractivity contribution in [3.05, 3.63) is 17.3 Å². The van der Waals surface area contributed by atoms with Crippen molar-refractivity contribution in [2.24, 2.45) is 0 Å². The predicted octanol–water partition coefficient (Wildman–Crippen LogP) is 1.59. The fourth-order valence-corrected chi connectivity index (χ4v) is 1.81. The van der Waals surface area contributed by atoms with Crippen molar-refractivity contribution >= 4 is 17.3 Å². The number of aromatic nitrogens is 2. The lowest BCUT2D eigenvalue weighted by molar-refractivity contribution is 0.0557. The average molecular weight is 240 g/mol. The number of ether oxygens (including phenoxy) is 2. The van der Waals surface area contributed by atoms with Crippen LogP contribution in [0.2, 0.25) is 0 Å². The zero-order valence-corrected chi connectivity index (χ0v) is 9.41. The van der Waals surface area contributed by atoms with Crippen molar-refractivity contribution in [2.45, 2.75) is 0 Å². The molecule has 0 aliphatic carbocycles. The smallest absolute Gasteiger partial charge is 0.396 e. The molecular formula is C9H8N2O4S. The van der Waals surface area contributed by atoms with E-state index in [1.165, 1.54) is 18.4 Å². The van der Waals surface area contributed by atoms with Gasteiger partial charge in [0.25, 0.3) is 5.89 Å². The van der Waals surface area contributed by atoms with E-state index in [0.717, 1.165) is 4.88 Å². The third-order valence-electron chi connectivity index (χ3n) is 1.81. The third kappa shape index (κ3) is 1.89. The van der Waals surface area contributed by atoms with Gasteiger partial charge in [0, 0.05) is 11.4 Å². The van der Waals surface area contributed by atoms with Crippen LogP contribution in [0, 0.1) is 0 Å². The van der Waals surface area contributed by atoms with Crippen LogP contribution in [0.25, 0.3) is 10.8 Å². The number of esters is 1. The number of hydrogen-bond acceptors (Lipinski definition) is 7. The van der Waals surface area contributed by atoms with Crippen LogP contribution in [-0.2, 0) is 4.74 Å². The average Bonchev–Trinajstić information content (AvgIpc) is 2.95. The van der Waals surface area contributed by atoms with Crippen LogP contribution in [-0.4, -0.2) is 30.4 Å². The van der Waals surface area contributed by atoms with Gasteiger partial charge in [-0.2, -0.15) is 0 Å². The summed E-state index contributed by atoms with van der Waals surface area (Å²) < 4.78 is 14.6. The molecule has 0 atom stereocenters. The summed E-state index contributed by atoms with van der Waals surface area (Å²) in [7, 11) is 2.82. The Bertz CT molecular complexity index is 505. The second kappa shape index (κ2) is 4.31. The first kappa shape index (κ1) is 10.6. The molecular weight excluding hydrogens is 232 g/mol. The Morgan fingerprint density at radius 3 is 2.88 bits per heavy atom. The number of hydrogen-bond donors (Lipinski definition) is 0. The van der Waals surface area contributed by atoms with Gasteiger partial charge in [-0.1, -0.05) is 0 Å². The lowest BCUT2D eigenvalue weighted by Gasteiger charge is -1.90. The predicted molar refractivity (Wildman–Crippen MR) is 55.5 cm³/mol. The van der Waals surface area contributed by atoms with E-state index in [-0.39, 0.29) is 11.8 Å². The van der Waals surface area contributed by atoms with Crippen molar-refractivity contribution in [2.75, 3.05) is 14.2 Å². The molecule has 2 aromatic heterocycles. The Hall–Kier alpha value is -1.89. The maximum absolute atomic E-state index is 11.1. The Morgan fingerprint density at radius 1 is 1.44 bits per heavy atom. The Balaban J connectivity index is 2.27. The van der Waals surface area contributed by atoms with Gasteiger partial charge in [-0.05, 0) is 0 Å². The van der Waals surface area contributed by atoms with Crippen LogP contribution >= 0.6 is 11.3 Å². The molecule has 0 spiro atoms. The van der Waals surface area contributed by atoms with Gasteiger partial charge >= 0.3 is 11.9 Å². The van der Waals surface area contributed by atoms with Crippen LogP contribution in [0.5, 0.6) is 5.75 Å². The van der Waals surface area contributed by atoms with Gasteiger partial charge in [0.05, 0.1) is 19.1 Å². The highest BCUT2D eigenvalue weighted by Crippen LogP contribution is 2.29. The summed E-state index contributed by atoms with van der Waals surface area (Å²) in [5.74, 6) is 0.165. The largest absolute Gasteiger partial charge is 0.496 e. The molecule has 0 radical (unpaired) electrons. The molecule has 6 nitrogen and oxygen atoms in total. The van der Waals surface area contributed by atoms with Crippen molar-refractivity contribution in [1.82, 2.24) is 10.2 Å². The van der Waals surface area contributed by atoms with Crippen LogP contribution in [0.4, 0.5) is 0 Å². The lowest BCUT2D eigenvalue weighted by Crippen LogP contribution is -2.00. The van der Waals surface area contributed by atoms with Gasteiger partial charge in [-0.3, -0.25) is 0 Å². The van der Waals surface area contributed by atoms with Crippen LogP contribution in [0.3, 0.4) is 0 Å². The summed E-state index contributed by atoms with van der Waals surface area (Å²) in [6.07, 6.45) is 0. The normalized spacial score (nSPS) is 10.1. The quantitative estimate of drug-likeness (QED) is 0.758. The molecule has 2 rings (SSSR count). The molecule has 0 unspecified atom stereocenters. The maximum Gasteiger partial charge on any atom is 0.396 e. The standard InChI is InChI=1S/C9H8N2O4S/c1-13-5-3-6(16-4-5)7-10-11-8(15-7)9(12)14-2/h3-4H,1-2H3. The number of thiophene rings is 1. The molecule has 2 aromatic rings. The summed E-state index contributed by atoms with van der Waals surface area (Å²) in [4.78, 5) is 11.8. The van der Waals surface area contributed by atoms with Crippen LogP contribution in [0.15, 0.2) is 15.9 Å². The first-order valence-electron chi connectivity index (χ1n) is 4.29. The van der Waals surface area contributed by atoms with Crippen LogP contribution < -0.4 is 4.74 Å². The number of carbonyl (C=O) groups is 1. The molecule has 16 heavy (non-hydrogen) atoms. The minimum Gasteiger partial charge on any atom is -0.496 e. The number of carbonyl (C=O) groups excluding carboxylic acids is 1. The highest BCUT2D eigenvalue weighted by atomic mass is 32.1. The molecule has 0 saturated heterocycles. The molecule has 7 heteroatoms. The van der Waals surface area contributed by atoms with E-state index < -0.39 is 5.97 Å². The number of rotatable bonds is 3. The molecule has 0 aliphatic rings. The summed E-state index contributed by atoms with van der Waals surface area (Å²) in [6, 6.07) is 1.75. The van der Waals surface area contributed by atoms with E-state index >= 15 is 0 Å². The monoisotopic (exact) mass is 240 g/mol. The van der Waals surface area contributed by atoms with Gasteiger partial charge in [-0.15, -0.1) is 21.5 Å². The minimum absolute atomic E-state index is 0.162. The second-order valence-corrected chi connectivity index (χ2v) is 3.67. The van der Waals surface area contributed by atoms with Crippen molar-refractivity contribution in [3.8, 4) is 16.5 Å². The molecule has 0 saturated carbocycles. The number of methoxy groups -OCH3 is 2. The summed E-state index contributed by atoms with van der Waals surface area (Å²) in [5.41, 5.74) is 0. The molecule has 2 heterocycles. The fraction of sp³-hybridized carbons (Fsp3) is 0.222. The molecule has 84 valence electrons. The number of nitrogens with zero attached hydrogens (tertiary/aromatic N) is 2. The van der Waals surface area contributed by atoms with Gasteiger partial charge in [-0.25, -0.2) is 4.79 Å². The Kier molecular flexibility index (Phi) is 2.86. The van der Waals surface area contributed by atoms with Crippen LogP contribution in [0.1, 0.15) is 10.7 Å². The molecule has 0 aliphatic heterocycles. The van der Waals surface area contributed by atoms with E-state index in [1.54, 1.807) is 18.6 Å². The Morgan fingerprint density at radius 2 is 2.25 bits per heavy atom. The fourth-order valence-electron chi connectivity index (χ4n) is 1.03. The van der Waals surface area contributed by atoms with Gasteiger partial charge in [0.1, 0.15) is 5.75 Å². The van der Waals surface area contributed by atoms with E-state index in [9.17, 15) is 4.79 Å². The van der Waals surface area contributed by atoms with Crippen molar-refractivity contribution < 1.29 is 18.7 Å². The third-order valence-corrected chi connectivity index (χ3v) is 2.70. The first-order valence-corrected chi connectivity index (χ1v) is 5.17. The first-order chi connectivity index (χ1) is 7.74. The summed E-state index contributed by atoms with van der Waals surface area (Å²) in [5, 5.41) is 9.12. The summed E-state index contributed by atoms with van der Waals surface area (Å²) in [6.45, 7) is 0. The van der Waals surface area contributed by atoms with E-state index in [1.807, 2.05) is 0 Å². The zero-order valence-electron chi connectivity index (χ0n) is 8.59. The molecule has 0 aromatic carbocycles. The highest BCUT2D eigenvalue weighted by Gasteiger charge is 2.17. The zero-order chi connectivity index (χ0) is 11.5. The van der Waals surface area contributed by atoms with Crippen molar-refractivity contribution in [1.29, 1.82) is 0 Å². The SMILES string of the molecule is COC(=O)c1nnc(-c2cc(OC)cs2)o1. The molecule has 0 fully saturated rings. The molecule has 0 amide bonds. The van der Waals surface area contributed by atoms with Crippen molar-refractivity contribution in [3.63, 3.8) is 0 Å². The molecule has 0 N–H and O–H groups in total. The van der Waals surface area contributed by atoms with Gasteiger partial charge < -0.3 is 13.9 Å².